The number of carboxylic acids is 1. The van der Waals surface area contributed by atoms with E-state index in [9.17, 15) is 9.18 Å². The molecule has 1 aliphatic heterocycles. The predicted molar refractivity (Wildman–Crippen MR) is 67.5 cm³/mol. The van der Waals surface area contributed by atoms with Gasteiger partial charge >= 0.3 is 5.97 Å². The van der Waals surface area contributed by atoms with Crippen molar-refractivity contribution in [3.05, 3.63) is 29.6 Å². The topological polar surface area (TPSA) is 52.6 Å². The van der Waals surface area contributed by atoms with Crippen molar-refractivity contribution < 1.29 is 14.3 Å². The largest absolute Gasteiger partial charge is 0.478 e. The Morgan fingerprint density at radius 2 is 2.39 bits per heavy atom. The van der Waals surface area contributed by atoms with E-state index in [2.05, 4.69) is 10.2 Å². The minimum atomic E-state index is -1.11. The number of para-hydroxylation sites is 1. The summed E-state index contributed by atoms with van der Waals surface area (Å²) in [6, 6.07) is 4.09. The van der Waals surface area contributed by atoms with Gasteiger partial charge in [0, 0.05) is 13.1 Å². The van der Waals surface area contributed by atoms with Gasteiger partial charge in [0.05, 0.1) is 11.3 Å². The summed E-state index contributed by atoms with van der Waals surface area (Å²) in [5, 5.41) is 12.0. The molecule has 1 aromatic rings. The molecule has 1 aliphatic rings. The lowest BCUT2D eigenvalue weighted by molar-refractivity contribution is 0.0697. The lowest BCUT2D eigenvalue weighted by Crippen LogP contribution is -2.20. The summed E-state index contributed by atoms with van der Waals surface area (Å²) in [5.41, 5.74) is 0.0842. The monoisotopic (exact) mass is 252 g/mol. The molecule has 1 unspecified atom stereocenters. The molecule has 5 heteroatoms. The van der Waals surface area contributed by atoms with E-state index < -0.39 is 11.8 Å². The molecular formula is C13H17FN2O2. The van der Waals surface area contributed by atoms with Crippen molar-refractivity contribution in [3.63, 3.8) is 0 Å². The summed E-state index contributed by atoms with van der Waals surface area (Å²) in [6.45, 7) is 2.60. The molecule has 4 nitrogen and oxygen atoms in total. The van der Waals surface area contributed by atoms with Crippen LogP contribution >= 0.6 is 0 Å². The van der Waals surface area contributed by atoms with Gasteiger partial charge < -0.3 is 15.3 Å². The molecule has 2 N–H and O–H groups in total. The van der Waals surface area contributed by atoms with Gasteiger partial charge in [0.2, 0.25) is 0 Å². The highest BCUT2D eigenvalue weighted by Gasteiger charge is 2.21. The lowest BCUT2D eigenvalue weighted by Gasteiger charge is -2.14. The van der Waals surface area contributed by atoms with Crippen LogP contribution in [-0.2, 0) is 0 Å². The van der Waals surface area contributed by atoms with Crippen molar-refractivity contribution >= 4 is 11.7 Å². The molecule has 2 rings (SSSR count). The maximum absolute atomic E-state index is 13.6. The van der Waals surface area contributed by atoms with Gasteiger partial charge in [-0.3, -0.25) is 0 Å². The molecule has 0 saturated carbocycles. The minimum absolute atomic E-state index is 0.0126. The van der Waals surface area contributed by atoms with Crippen molar-refractivity contribution in [2.45, 2.75) is 6.42 Å². The second kappa shape index (κ2) is 5.35. The van der Waals surface area contributed by atoms with Crippen LogP contribution < -0.4 is 5.32 Å². The number of hydrogen-bond acceptors (Lipinski definition) is 3. The van der Waals surface area contributed by atoms with Crippen LogP contribution in [0.25, 0.3) is 0 Å². The van der Waals surface area contributed by atoms with Crippen molar-refractivity contribution in [3.8, 4) is 0 Å². The van der Waals surface area contributed by atoms with Crippen molar-refractivity contribution in [1.29, 1.82) is 0 Å². The molecular weight excluding hydrogens is 235 g/mol. The van der Waals surface area contributed by atoms with Crippen LogP contribution in [0.2, 0.25) is 0 Å². The molecule has 0 aliphatic carbocycles. The average molecular weight is 252 g/mol. The van der Waals surface area contributed by atoms with Crippen LogP contribution in [0.4, 0.5) is 10.1 Å². The lowest BCUT2D eigenvalue weighted by atomic mass is 10.1. The molecule has 0 spiro atoms. The fraction of sp³-hybridized carbons (Fsp3) is 0.462. The first-order valence-corrected chi connectivity index (χ1v) is 6.02. The van der Waals surface area contributed by atoms with Crippen molar-refractivity contribution in [2.75, 3.05) is 32.0 Å². The second-order valence-electron chi connectivity index (χ2n) is 4.77. The Hall–Kier alpha value is -1.62. The van der Waals surface area contributed by atoms with Crippen molar-refractivity contribution in [1.82, 2.24) is 4.90 Å². The van der Waals surface area contributed by atoms with Crippen LogP contribution in [-0.4, -0.2) is 42.7 Å². The summed E-state index contributed by atoms with van der Waals surface area (Å²) < 4.78 is 13.6. The zero-order valence-corrected chi connectivity index (χ0v) is 10.3. The smallest absolute Gasteiger partial charge is 0.337 e. The molecule has 1 saturated heterocycles. The second-order valence-corrected chi connectivity index (χ2v) is 4.77. The maximum Gasteiger partial charge on any atom is 0.337 e. The first-order chi connectivity index (χ1) is 8.58. The first kappa shape index (κ1) is 12.8. The van der Waals surface area contributed by atoms with E-state index in [1.807, 2.05) is 7.05 Å². The Labute approximate surface area is 105 Å². The van der Waals surface area contributed by atoms with Gasteiger partial charge in [-0.1, -0.05) is 6.07 Å². The van der Waals surface area contributed by atoms with E-state index in [0.29, 0.717) is 12.5 Å². The molecule has 98 valence electrons. The summed E-state index contributed by atoms with van der Waals surface area (Å²) in [4.78, 5) is 13.2. The Morgan fingerprint density at radius 3 is 3.00 bits per heavy atom. The number of carbonyl (C=O) groups is 1. The zero-order valence-electron chi connectivity index (χ0n) is 10.3. The van der Waals surface area contributed by atoms with E-state index >= 15 is 0 Å². The molecule has 1 fully saturated rings. The molecule has 1 aromatic carbocycles. The fourth-order valence-electron chi connectivity index (χ4n) is 2.32. The Morgan fingerprint density at radius 1 is 1.61 bits per heavy atom. The standard InChI is InChI=1S/C13H17FN2O2/c1-16-6-5-9(8-16)7-15-12-10(13(17)18)3-2-4-11(12)14/h2-4,9,15H,5-8H2,1H3,(H,17,18). The predicted octanol–water partition coefficient (Wildman–Crippen LogP) is 1.89. The highest BCUT2D eigenvalue weighted by molar-refractivity contribution is 5.94. The van der Waals surface area contributed by atoms with E-state index in [1.165, 1.54) is 18.2 Å². The van der Waals surface area contributed by atoms with Gasteiger partial charge in [-0.15, -0.1) is 0 Å². The number of hydrogen-bond donors (Lipinski definition) is 2. The van der Waals surface area contributed by atoms with Crippen LogP contribution in [0.5, 0.6) is 0 Å². The minimum Gasteiger partial charge on any atom is -0.478 e. The maximum atomic E-state index is 13.6. The van der Waals surface area contributed by atoms with Gasteiger partial charge in [0.15, 0.2) is 0 Å². The molecule has 0 aromatic heterocycles. The van der Waals surface area contributed by atoms with Gasteiger partial charge in [-0.25, -0.2) is 9.18 Å². The number of carboxylic acid groups (broad SMARTS) is 1. The highest BCUT2D eigenvalue weighted by Crippen LogP contribution is 2.22. The van der Waals surface area contributed by atoms with E-state index in [4.69, 9.17) is 5.11 Å². The Bertz CT molecular complexity index is 451. The molecule has 1 heterocycles. The summed E-state index contributed by atoms with van der Waals surface area (Å²) in [6.07, 6.45) is 1.06. The van der Waals surface area contributed by atoms with Gasteiger partial charge in [0.1, 0.15) is 5.82 Å². The van der Waals surface area contributed by atoms with Crippen LogP contribution in [0.1, 0.15) is 16.8 Å². The fourth-order valence-corrected chi connectivity index (χ4v) is 2.32. The number of benzene rings is 1. The number of nitrogens with one attached hydrogen (secondary N) is 1. The third-order valence-corrected chi connectivity index (χ3v) is 3.30. The Balaban J connectivity index is 2.06. The first-order valence-electron chi connectivity index (χ1n) is 6.02. The zero-order chi connectivity index (χ0) is 13.1. The van der Waals surface area contributed by atoms with Crippen LogP contribution in [0, 0.1) is 11.7 Å². The molecule has 0 radical (unpaired) electrons. The van der Waals surface area contributed by atoms with Crippen molar-refractivity contribution in [2.24, 2.45) is 5.92 Å². The average Bonchev–Trinajstić information content (AvgIpc) is 2.73. The number of aromatic carboxylic acids is 1. The number of halogens is 1. The molecule has 0 amide bonds. The van der Waals surface area contributed by atoms with Gasteiger partial charge in [-0.05, 0) is 38.1 Å². The SMILES string of the molecule is CN1CCC(CNc2c(F)cccc2C(=O)O)C1. The molecule has 0 bridgehead atoms. The van der Waals surface area contributed by atoms with Crippen LogP contribution in [0.15, 0.2) is 18.2 Å². The van der Waals surface area contributed by atoms with E-state index in [0.717, 1.165) is 19.5 Å². The summed E-state index contributed by atoms with van der Waals surface area (Å²) in [7, 11) is 2.05. The summed E-state index contributed by atoms with van der Waals surface area (Å²) in [5.74, 6) is -1.18. The number of likely N-dealkylation sites (tertiary alicyclic amines) is 1. The third kappa shape index (κ3) is 2.79. The number of anilines is 1. The van der Waals surface area contributed by atoms with Gasteiger partial charge in [0.25, 0.3) is 0 Å². The normalized spacial score (nSPS) is 20.0. The number of nitrogens with zero attached hydrogens (tertiary/aromatic N) is 1. The molecule has 18 heavy (non-hydrogen) atoms. The number of rotatable bonds is 4. The van der Waals surface area contributed by atoms with Crippen LogP contribution in [0.3, 0.4) is 0 Å². The highest BCUT2D eigenvalue weighted by atomic mass is 19.1. The van der Waals surface area contributed by atoms with E-state index in [1.54, 1.807) is 0 Å². The van der Waals surface area contributed by atoms with Gasteiger partial charge in [-0.2, -0.15) is 0 Å². The van der Waals surface area contributed by atoms with E-state index in [-0.39, 0.29) is 11.3 Å². The molecule has 1 atom stereocenters. The summed E-state index contributed by atoms with van der Waals surface area (Å²) >= 11 is 0. The quantitative estimate of drug-likeness (QED) is 0.859. The third-order valence-electron chi connectivity index (χ3n) is 3.30. The Kier molecular flexibility index (Phi) is 3.81.